The van der Waals surface area contributed by atoms with Gasteiger partial charge >= 0.3 is 12.1 Å². The van der Waals surface area contributed by atoms with Gasteiger partial charge in [0.1, 0.15) is 17.7 Å². The highest BCUT2D eigenvalue weighted by atomic mass is 16.6. The highest BCUT2D eigenvalue weighted by Crippen LogP contribution is 2.21. The SMILES string of the molecule is C#CN(C(=O)C(C)NC(=O)OC(C)(C)C)C(C(=O)NCCC(=O)OCC)c1ccccc1. The van der Waals surface area contributed by atoms with Crippen molar-refractivity contribution in [3.8, 4) is 12.5 Å². The van der Waals surface area contributed by atoms with Gasteiger partial charge in [-0.15, -0.1) is 0 Å². The summed E-state index contributed by atoms with van der Waals surface area (Å²) in [7, 11) is 0. The van der Waals surface area contributed by atoms with Crippen LogP contribution in [0.15, 0.2) is 30.3 Å². The average Bonchev–Trinajstić information content (AvgIpc) is 2.70. The van der Waals surface area contributed by atoms with E-state index in [9.17, 15) is 19.2 Å². The van der Waals surface area contributed by atoms with Gasteiger partial charge in [0.2, 0.25) is 5.91 Å². The Morgan fingerprint density at radius 2 is 1.78 bits per heavy atom. The maximum atomic E-state index is 13.0. The number of terminal acetylenes is 1. The zero-order chi connectivity index (χ0) is 24.3. The van der Waals surface area contributed by atoms with Crippen molar-refractivity contribution in [3.05, 3.63) is 35.9 Å². The minimum atomic E-state index is -1.17. The zero-order valence-electron chi connectivity index (χ0n) is 19.1. The highest BCUT2D eigenvalue weighted by Gasteiger charge is 2.34. The van der Waals surface area contributed by atoms with Crippen LogP contribution in [-0.4, -0.2) is 53.6 Å². The third-order valence-corrected chi connectivity index (χ3v) is 4.04. The Hall–Kier alpha value is -3.54. The lowest BCUT2D eigenvalue weighted by Crippen LogP contribution is -2.50. The van der Waals surface area contributed by atoms with Crippen molar-refractivity contribution in [2.45, 2.75) is 58.7 Å². The standard InChI is InChI=1S/C23H31N3O6/c1-7-26(21(29)16(3)25-22(30)32-23(4,5)6)19(17-12-10-9-11-13-17)20(28)24-15-14-18(27)31-8-2/h1,9-13,16,19H,8,14-15H2,2-6H3,(H,24,28)(H,25,30). The summed E-state index contributed by atoms with van der Waals surface area (Å²) in [6, 6.07) is 8.49. The van der Waals surface area contributed by atoms with Gasteiger partial charge in [-0.3, -0.25) is 19.3 Å². The van der Waals surface area contributed by atoms with Crippen LogP contribution < -0.4 is 10.6 Å². The molecule has 0 saturated heterocycles. The molecule has 1 rings (SSSR count). The Balaban J connectivity index is 3.02. The van der Waals surface area contributed by atoms with Crippen molar-refractivity contribution < 1.29 is 28.7 Å². The second kappa shape index (κ2) is 12.3. The molecule has 1 aromatic rings. The minimum absolute atomic E-state index is 0.0132. The maximum absolute atomic E-state index is 13.0. The first-order valence-electron chi connectivity index (χ1n) is 10.3. The molecular formula is C23H31N3O6. The van der Waals surface area contributed by atoms with Crippen molar-refractivity contribution in [1.82, 2.24) is 15.5 Å². The number of benzene rings is 1. The molecule has 1 aromatic carbocycles. The Morgan fingerprint density at radius 3 is 2.31 bits per heavy atom. The number of nitrogens with zero attached hydrogens (tertiary/aromatic N) is 1. The average molecular weight is 446 g/mol. The molecule has 0 aliphatic carbocycles. The molecule has 0 fully saturated rings. The van der Waals surface area contributed by atoms with E-state index in [2.05, 4.69) is 16.7 Å². The molecular weight excluding hydrogens is 414 g/mol. The predicted octanol–water partition coefficient (Wildman–Crippen LogP) is 2.13. The lowest BCUT2D eigenvalue weighted by molar-refractivity contribution is -0.143. The van der Waals surface area contributed by atoms with E-state index in [4.69, 9.17) is 15.9 Å². The number of ether oxygens (including phenoxy) is 2. The van der Waals surface area contributed by atoms with E-state index >= 15 is 0 Å². The quantitative estimate of drug-likeness (QED) is 0.342. The van der Waals surface area contributed by atoms with E-state index in [1.54, 1.807) is 58.0 Å². The molecule has 0 spiro atoms. The molecule has 174 valence electrons. The molecule has 3 amide bonds. The van der Waals surface area contributed by atoms with Crippen molar-refractivity contribution in [3.63, 3.8) is 0 Å². The number of esters is 1. The first kappa shape index (κ1) is 26.5. The Bertz CT molecular complexity index is 842. The molecule has 2 N–H and O–H groups in total. The molecule has 9 heteroatoms. The van der Waals surface area contributed by atoms with Crippen LogP contribution in [0.2, 0.25) is 0 Å². The van der Waals surface area contributed by atoms with E-state index in [-0.39, 0.29) is 19.6 Å². The van der Waals surface area contributed by atoms with Crippen LogP contribution in [-0.2, 0) is 23.9 Å². The van der Waals surface area contributed by atoms with Gasteiger partial charge < -0.3 is 20.1 Å². The lowest BCUT2D eigenvalue weighted by atomic mass is 10.0. The summed E-state index contributed by atoms with van der Waals surface area (Å²) in [5, 5.41) is 5.04. The number of hydrogen-bond acceptors (Lipinski definition) is 6. The van der Waals surface area contributed by atoms with Crippen LogP contribution in [0.25, 0.3) is 0 Å². The predicted molar refractivity (Wildman–Crippen MR) is 118 cm³/mol. The third-order valence-electron chi connectivity index (χ3n) is 4.04. The molecule has 0 aliphatic rings. The molecule has 0 saturated carbocycles. The van der Waals surface area contributed by atoms with Crippen LogP contribution in [0.4, 0.5) is 4.79 Å². The number of carbonyl (C=O) groups is 4. The summed E-state index contributed by atoms with van der Waals surface area (Å²) in [6.07, 6.45) is 4.78. The summed E-state index contributed by atoms with van der Waals surface area (Å²) < 4.78 is 10.0. The van der Waals surface area contributed by atoms with Gasteiger partial charge in [-0.05, 0) is 40.2 Å². The highest BCUT2D eigenvalue weighted by molar-refractivity contribution is 5.93. The van der Waals surface area contributed by atoms with Crippen LogP contribution in [0, 0.1) is 12.5 Å². The van der Waals surface area contributed by atoms with Gasteiger partial charge in [-0.2, -0.15) is 0 Å². The van der Waals surface area contributed by atoms with Gasteiger partial charge in [-0.25, -0.2) is 4.79 Å². The largest absolute Gasteiger partial charge is 0.466 e. The van der Waals surface area contributed by atoms with Crippen molar-refractivity contribution in [2.24, 2.45) is 0 Å². The fourth-order valence-corrected chi connectivity index (χ4v) is 2.69. The number of nitrogens with one attached hydrogen (secondary N) is 2. The number of rotatable bonds is 9. The lowest BCUT2D eigenvalue weighted by Gasteiger charge is -2.29. The van der Waals surface area contributed by atoms with E-state index in [1.807, 2.05) is 0 Å². The van der Waals surface area contributed by atoms with Crippen molar-refractivity contribution in [2.75, 3.05) is 13.2 Å². The van der Waals surface area contributed by atoms with Gasteiger partial charge in [0, 0.05) is 12.6 Å². The van der Waals surface area contributed by atoms with Crippen molar-refractivity contribution >= 4 is 23.9 Å². The Kier molecular flexibility index (Phi) is 10.2. The monoisotopic (exact) mass is 445 g/mol. The molecule has 0 aromatic heterocycles. The molecule has 0 heterocycles. The van der Waals surface area contributed by atoms with E-state index in [0.29, 0.717) is 5.56 Å². The first-order valence-corrected chi connectivity index (χ1v) is 10.3. The fourth-order valence-electron chi connectivity index (χ4n) is 2.69. The minimum Gasteiger partial charge on any atom is -0.466 e. The molecule has 0 bridgehead atoms. The van der Waals surface area contributed by atoms with Gasteiger partial charge in [0.15, 0.2) is 0 Å². The van der Waals surface area contributed by atoms with Crippen LogP contribution in [0.1, 0.15) is 52.6 Å². The molecule has 0 radical (unpaired) electrons. The first-order chi connectivity index (χ1) is 15.0. The third kappa shape index (κ3) is 8.68. The van der Waals surface area contributed by atoms with Gasteiger partial charge in [-0.1, -0.05) is 36.8 Å². The maximum Gasteiger partial charge on any atom is 0.408 e. The molecule has 0 aliphatic heterocycles. The van der Waals surface area contributed by atoms with Crippen LogP contribution >= 0.6 is 0 Å². The Morgan fingerprint density at radius 1 is 1.16 bits per heavy atom. The van der Waals surface area contributed by atoms with Crippen molar-refractivity contribution in [1.29, 1.82) is 0 Å². The molecule has 2 unspecified atom stereocenters. The smallest absolute Gasteiger partial charge is 0.408 e. The zero-order valence-corrected chi connectivity index (χ0v) is 19.1. The summed E-state index contributed by atoms with van der Waals surface area (Å²) in [4.78, 5) is 50.5. The number of hydrogen-bond donors (Lipinski definition) is 2. The van der Waals surface area contributed by atoms with Gasteiger partial charge in [0.25, 0.3) is 5.91 Å². The van der Waals surface area contributed by atoms with Crippen LogP contribution in [0.5, 0.6) is 0 Å². The topological polar surface area (TPSA) is 114 Å². The van der Waals surface area contributed by atoms with Gasteiger partial charge in [0.05, 0.1) is 13.0 Å². The number of alkyl carbamates (subject to hydrolysis) is 1. The molecule has 32 heavy (non-hydrogen) atoms. The summed E-state index contributed by atoms with van der Waals surface area (Å²) in [6.45, 7) is 8.46. The van der Waals surface area contributed by atoms with Crippen LogP contribution in [0.3, 0.4) is 0 Å². The fraction of sp³-hybridized carbons (Fsp3) is 0.478. The molecule has 9 nitrogen and oxygen atoms in total. The van der Waals surface area contributed by atoms with E-state index in [0.717, 1.165) is 4.90 Å². The summed E-state index contributed by atoms with van der Waals surface area (Å²) >= 11 is 0. The van der Waals surface area contributed by atoms with E-state index in [1.165, 1.54) is 6.92 Å². The Labute approximate surface area is 188 Å². The van der Waals surface area contributed by atoms with E-state index < -0.39 is 41.6 Å². The normalized spacial score (nSPS) is 12.5. The second-order valence-corrected chi connectivity index (χ2v) is 7.86. The number of carbonyl (C=O) groups excluding carboxylic acids is 4. The summed E-state index contributed by atoms with van der Waals surface area (Å²) in [5.74, 6) is -1.70. The summed E-state index contributed by atoms with van der Waals surface area (Å²) in [5.41, 5.74) is -0.277. The second-order valence-electron chi connectivity index (χ2n) is 7.86. The number of amides is 3. The molecule has 2 atom stereocenters.